The van der Waals surface area contributed by atoms with E-state index in [9.17, 15) is 0 Å². The maximum absolute atomic E-state index is 5.47. The smallest absolute Gasteiger partial charge is 0.119 e. The van der Waals surface area contributed by atoms with Crippen LogP contribution in [-0.2, 0) is 4.74 Å². The lowest BCUT2D eigenvalue weighted by Crippen LogP contribution is -2.44. The molecule has 0 spiro atoms. The summed E-state index contributed by atoms with van der Waals surface area (Å²) in [7, 11) is 0. The van der Waals surface area contributed by atoms with Crippen LogP contribution in [0.1, 0.15) is 17.2 Å². The summed E-state index contributed by atoms with van der Waals surface area (Å²) in [5.74, 6) is 1.12. The molecule has 19 heavy (non-hydrogen) atoms. The Hall–Kier alpha value is -1.39. The molecular formula is C15H21N3O. The molecule has 0 radical (unpaired) electrons. The summed E-state index contributed by atoms with van der Waals surface area (Å²) in [6.07, 6.45) is 0. The van der Waals surface area contributed by atoms with Gasteiger partial charge in [0.1, 0.15) is 5.84 Å². The summed E-state index contributed by atoms with van der Waals surface area (Å²) >= 11 is 0. The van der Waals surface area contributed by atoms with E-state index >= 15 is 0 Å². The van der Waals surface area contributed by atoms with Crippen molar-refractivity contribution in [3.63, 3.8) is 0 Å². The number of ether oxygens (including phenoxy) is 1. The van der Waals surface area contributed by atoms with E-state index in [2.05, 4.69) is 46.4 Å². The highest BCUT2D eigenvalue weighted by atomic mass is 16.5. The van der Waals surface area contributed by atoms with Gasteiger partial charge < -0.3 is 10.1 Å². The molecule has 0 bridgehead atoms. The van der Waals surface area contributed by atoms with E-state index in [1.54, 1.807) is 0 Å². The van der Waals surface area contributed by atoms with E-state index in [1.807, 2.05) is 0 Å². The van der Waals surface area contributed by atoms with Gasteiger partial charge in [0.25, 0.3) is 0 Å². The Bertz CT molecular complexity index is 449. The molecule has 2 heterocycles. The second-order valence-corrected chi connectivity index (χ2v) is 5.16. The molecule has 2 aliphatic rings. The van der Waals surface area contributed by atoms with Crippen molar-refractivity contribution in [2.45, 2.75) is 13.0 Å². The molecule has 2 aliphatic heterocycles. The van der Waals surface area contributed by atoms with Crippen LogP contribution in [0.25, 0.3) is 0 Å². The molecule has 4 nitrogen and oxygen atoms in total. The number of aryl methyl sites for hydroxylation is 1. The van der Waals surface area contributed by atoms with E-state index in [4.69, 9.17) is 4.74 Å². The predicted molar refractivity (Wildman–Crippen MR) is 76.6 cm³/mol. The molecular weight excluding hydrogens is 238 g/mol. The van der Waals surface area contributed by atoms with Gasteiger partial charge in [-0.25, -0.2) is 0 Å². The average molecular weight is 259 g/mol. The van der Waals surface area contributed by atoms with Crippen LogP contribution in [0.5, 0.6) is 0 Å². The van der Waals surface area contributed by atoms with Crippen LogP contribution in [-0.4, -0.2) is 50.1 Å². The zero-order valence-corrected chi connectivity index (χ0v) is 11.4. The van der Waals surface area contributed by atoms with Crippen molar-refractivity contribution in [1.29, 1.82) is 0 Å². The third kappa shape index (κ3) is 2.80. The van der Waals surface area contributed by atoms with Crippen LogP contribution < -0.4 is 5.32 Å². The van der Waals surface area contributed by atoms with E-state index in [0.717, 1.165) is 45.2 Å². The summed E-state index contributed by atoms with van der Waals surface area (Å²) < 4.78 is 5.47. The summed E-state index contributed by atoms with van der Waals surface area (Å²) in [6.45, 7) is 7.55. The molecule has 1 N–H and O–H groups in total. The zero-order valence-electron chi connectivity index (χ0n) is 11.4. The van der Waals surface area contributed by atoms with Crippen molar-refractivity contribution < 1.29 is 4.74 Å². The van der Waals surface area contributed by atoms with Crippen molar-refractivity contribution in [2.75, 3.05) is 39.4 Å². The lowest BCUT2D eigenvalue weighted by molar-refractivity contribution is 0.0283. The molecule has 3 rings (SSSR count). The molecule has 1 saturated heterocycles. The molecule has 1 atom stereocenters. The first kappa shape index (κ1) is 12.6. The molecule has 0 aliphatic carbocycles. The Morgan fingerprint density at radius 2 is 1.95 bits per heavy atom. The number of aliphatic imine (C=N–C) groups is 1. The van der Waals surface area contributed by atoms with Crippen LogP contribution in [0.3, 0.4) is 0 Å². The zero-order chi connectivity index (χ0) is 13.1. The van der Waals surface area contributed by atoms with E-state index in [0.29, 0.717) is 0 Å². The Labute approximate surface area is 114 Å². The number of hydrogen-bond donors (Lipinski definition) is 1. The molecule has 0 amide bonds. The van der Waals surface area contributed by atoms with Gasteiger partial charge in [0.2, 0.25) is 0 Å². The average Bonchev–Trinajstić information content (AvgIpc) is 2.96. The first-order chi connectivity index (χ1) is 9.34. The SMILES string of the molecule is Cc1ccc(C(C2=NCCN2)N2CCOCC2)cc1. The van der Waals surface area contributed by atoms with E-state index in [1.165, 1.54) is 11.1 Å². The van der Waals surface area contributed by atoms with Crippen LogP contribution >= 0.6 is 0 Å². The second kappa shape index (κ2) is 5.72. The highest BCUT2D eigenvalue weighted by molar-refractivity contribution is 5.89. The lowest BCUT2D eigenvalue weighted by Gasteiger charge is -2.34. The third-order valence-electron chi connectivity index (χ3n) is 3.76. The normalized spacial score (nSPS) is 21.8. The fourth-order valence-electron chi connectivity index (χ4n) is 2.73. The van der Waals surface area contributed by atoms with Crippen molar-refractivity contribution >= 4 is 5.84 Å². The molecule has 1 aromatic carbocycles. The minimum atomic E-state index is 0.256. The first-order valence-corrected chi connectivity index (χ1v) is 7.01. The minimum Gasteiger partial charge on any atom is -0.379 e. The molecule has 0 aromatic heterocycles. The monoisotopic (exact) mass is 259 g/mol. The second-order valence-electron chi connectivity index (χ2n) is 5.16. The number of benzene rings is 1. The van der Waals surface area contributed by atoms with Crippen molar-refractivity contribution in [2.24, 2.45) is 4.99 Å². The number of amidine groups is 1. The Morgan fingerprint density at radius 1 is 1.21 bits per heavy atom. The van der Waals surface area contributed by atoms with Gasteiger partial charge in [-0.05, 0) is 12.5 Å². The van der Waals surface area contributed by atoms with Crippen molar-refractivity contribution in [1.82, 2.24) is 10.2 Å². The summed E-state index contributed by atoms with van der Waals surface area (Å²) in [5, 5.41) is 3.43. The van der Waals surface area contributed by atoms with Crippen LogP contribution in [0.15, 0.2) is 29.3 Å². The largest absolute Gasteiger partial charge is 0.379 e. The highest BCUT2D eigenvalue weighted by Crippen LogP contribution is 2.24. The fraction of sp³-hybridized carbons (Fsp3) is 0.533. The van der Waals surface area contributed by atoms with E-state index in [-0.39, 0.29) is 6.04 Å². The maximum atomic E-state index is 5.47. The summed E-state index contributed by atoms with van der Waals surface area (Å²) in [6, 6.07) is 9.05. The summed E-state index contributed by atoms with van der Waals surface area (Å²) in [5.41, 5.74) is 2.62. The lowest BCUT2D eigenvalue weighted by atomic mass is 10.0. The number of nitrogens with one attached hydrogen (secondary N) is 1. The molecule has 1 aromatic rings. The number of rotatable bonds is 3. The number of morpholine rings is 1. The van der Waals surface area contributed by atoms with Crippen molar-refractivity contribution in [3.05, 3.63) is 35.4 Å². The maximum Gasteiger partial charge on any atom is 0.119 e. The Morgan fingerprint density at radius 3 is 2.58 bits per heavy atom. The molecule has 102 valence electrons. The van der Waals surface area contributed by atoms with Gasteiger partial charge in [-0.1, -0.05) is 29.8 Å². The highest BCUT2D eigenvalue weighted by Gasteiger charge is 2.28. The van der Waals surface area contributed by atoms with Gasteiger partial charge in [-0.15, -0.1) is 0 Å². The number of nitrogens with zero attached hydrogens (tertiary/aromatic N) is 2. The fourth-order valence-corrected chi connectivity index (χ4v) is 2.73. The Kier molecular flexibility index (Phi) is 3.80. The topological polar surface area (TPSA) is 36.9 Å². The van der Waals surface area contributed by atoms with Gasteiger partial charge >= 0.3 is 0 Å². The molecule has 0 saturated carbocycles. The molecule has 1 unspecified atom stereocenters. The summed E-state index contributed by atoms with van der Waals surface area (Å²) in [4.78, 5) is 7.10. The van der Waals surface area contributed by atoms with Gasteiger partial charge in [0.05, 0.1) is 25.8 Å². The van der Waals surface area contributed by atoms with Crippen molar-refractivity contribution in [3.8, 4) is 0 Å². The van der Waals surface area contributed by atoms with Gasteiger partial charge in [-0.2, -0.15) is 0 Å². The first-order valence-electron chi connectivity index (χ1n) is 7.01. The third-order valence-corrected chi connectivity index (χ3v) is 3.76. The predicted octanol–water partition coefficient (Wildman–Crippen LogP) is 1.37. The van der Waals surface area contributed by atoms with Gasteiger partial charge in [-0.3, -0.25) is 9.89 Å². The standard InChI is InChI=1S/C15H21N3O/c1-12-2-4-13(5-3-12)14(15-16-6-7-17-15)18-8-10-19-11-9-18/h2-5,14H,6-11H2,1H3,(H,16,17). The van der Waals surface area contributed by atoms with Crippen LogP contribution in [0.2, 0.25) is 0 Å². The van der Waals surface area contributed by atoms with Gasteiger partial charge in [0.15, 0.2) is 0 Å². The van der Waals surface area contributed by atoms with Crippen LogP contribution in [0, 0.1) is 6.92 Å². The number of hydrogen-bond acceptors (Lipinski definition) is 4. The Balaban J connectivity index is 1.88. The molecule has 4 heteroatoms. The van der Waals surface area contributed by atoms with Crippen LogP contribution in [0.4, 0.5) is 0 Å². The minimum absolute atomic E-state index is 0.256. The quantitative estimate of drug-likeness (QED) is 0.891. The molecule has 1 fully saturated rings. The van der Waals surface area contributed by atoms with Gasteiger partial charge in [0, 0.05) is 19.6 Å². The van der Waals surface area contributed by atoms with E-state index < -0.39 is 0 Å².